The third kappa shape index (κ3) is 6.40. The molecule has 3 rings (SSSR count). The summed E-state index contributed by atoms with van der Waals surface area (Å²) in [5.41, 5.74) is 2.24. The van der Waals surface area contributed by atoms with Crippen LogP contribution in [0, 0.1) is 12.7 Å². The summed E-state index contributed by atoms with van der Waals surface area (Å²) in [7, 11) is -2.69. The zero-order chi connectivity index (χ0) is 24.0. The molecule has 6 nitrogen and oxygen atoms in total. The molecule has 0 fully saturated rings. The minimum atomic E-state index is -4.08. The number of carbonyl (C=O) groups is 1. The first-order valence-electron chi connectivity index (χ1n) is 10.5. The van der Waals surface area contributed by atoms with Crippen molar-refractivity contribution < 1.29 is 22.3 Å². The van der Waals surface area contributed by atoms with Gasteiger partial charge in [-0.25, -0.2) is 12.8 Å². The highest BCUT2D eigenvalue weighted by atomic mass is 32.2. The Morgan fingerprint density at radius 2 is 1.70 bits per heavy atom. The number of methoxy groups -OCH3 is 1. The Morgan fingerprint density at radius 3 is 2.33 bits per heavy atom. The highest BCUT2D eigenvalue weighted by Gasteiger charge is 2.29. The predicted molar refractivity (Wildman–Crippen MR) is 125 cm³/mol. The van der Waals surface area contributed by atoms with Gasteiger partial charge in [0.2, 0.25) is 15.9 Å². The summed E-state index contributed by atoms with van der Waals surface area (Å²) < 4.78 is 47.5. The van der Waals surface area contributed by atoms with Gasteiger partial charge in [-0.2, -0.15) is 4.72 Å². The minimum absolute atomic E-state index is 0.0394. The quantitative estimate of drug-likeness (QED) is 0.497. The van der Waals surface area contributed by atoms with Crippen LogP contribution in [0.1, 0.15) is 29.7 Å². The normalized spacial score (nSPS) is 13.2. The lowest BCUT2D eigenvalue weighted by Crippen LogP contribution is -2.48. The van der Waals surface area contributed by atoms with Crippen LogP contribution in [0.4, 0.5) is 4.39 Å². The third-order valence-electron chi connectivity index (χ3n) is 5.23. The molecule has 33 heavy (non-hydrogen) atoms. The Kier molecular flexibility index (Phi) is 7.84. The maximum Gasteiger partial charge on any atom is 0.244 e. The maximum atomic E-state index is 13.2. The maximum absolute atomic E-state index is 13.2. The first kappa shape index (κ1) is 24.4. The van der Waals surface area contributed by atoms with Gasteiger partial charge in [-0.3, -0.25) is 4.79 Å². The highest BCUT2D eigenvalue weighted by Crippen LogP contribution is 2.25. The van der Waals surface area contributed by atoms with E-state index in [0.29, 0.717) is 5.56 Å². The summed E-state index contributed by atoms with van der Waals surface area (Å²) in [4.78, 5) is 13.1. The first-order chi connectivity index (χ1) is 15.7. The van der Waals surface area contributed by atoms with Crippen LogP contribution in [0.25, 0.3) is 0 Å². The Hall–Kier alpha value is -3.23. The fourth-order valence-electron chi connectivity index (χ4n) is 3.43. The second-order valence-electron chi connectivity index (χ2n) is 7.80. The van der Waals surface area contributed by atoms with Gasteiger partial charge in [-0.05, 0) is 61.2 Å². The number of hydrogen-bond acceptors (Lipinski definition) is 4. The number of carbonyl (C=O) groups excluding carboxylic acids is 1. The topological polar surface area (TPSA) is 84.5 Å². The average Bonchev–Trinajstić information content (AvgIpc) is 2.79. The van der Waals surface area contributed by atoms with Crippen molar-refractivity contribution in [2.24, 2.45) is 0 Å². The van der Waals surface area contributed by atoms with Crippen LogP contribution >= 0.6 is 0 Å². The molecule has 2 N–H and O–H groups in total. The van der Waals surface area contributed by atoms with Crippen molar-refractivity contribution >= 4 is 15.9 Å². The van der Waals surface area contributed by atoms with Crippen LogP contribution in [0.5, 0.6) is 5.75 Å². The summed E-state index contributed by atoms with van der Waals surface area (Å²) in [6.45, 7) is 3.53. The highest BCUT2D eigenvalue weighted by molar-refractivity contribution is 7.89. The third-order valence-corrected chi connectivity index (χ3v) is 6.73. The van der Waals surface area contributed by atoms with Gasteiger partial charge < -0.3 is 10.1 Å². The lowest BCUT2D eigenvalue weighted by atomic mass is 10.0. The standard InChI is InChI=1S/C25H27FN2O4S/c1-17-9-14-23(32-3)24(15-17)33(30,31)28-22(16-19-7-5-4-6-8-19)25(29)27-18(2)20-10-12-21(26)13-11-20/h4-15,18,22,28H,16H2,1-3H3,(H,27,29)/t18-,22+/m0/s1. The van der Waals surface area contributed by atoms with Crippen molar-refractivity contribution in [1.29, 1.82) is 0 Å². The van der Waals surface area contributed by atoms with Crippen LogP contribution in [0.3, 0.4) is 0 Å². The van der Waals surface area contributed by atoms with Gasteiger partial charge in [-0.15, -0.1) is 0 Å². The van der Waals surface area contributed by atoms with Crippen molar-refractivity contribution in [3.63, 3.8) is 0 Å². The Morgan fingerprint density at radius 1 is 1.03 bits per heavy atom. The van der Waals surface area contributed by atoms with Gasteiger partial charge in [0, 0.05) is 0 Å². The number of halogens is 1. The van der Waals surface area contributed by atoms with E-state index in [2.05, 4.69) is 10.0 Å². The van der Waals surface area contributed by atoms with Crippen molar-refractivity contribution in [3.05, 3.63) is 95.3 Å². The molecule has 0 heterocycles. The smallest absolute Gasteiger partial charge is 0.244 e. The van der Waals surface area contributed by atoms with E-state index in [-0.39, 0.29) is 22.9 Å². The molecular formula is C25H27FN2O4S. The van der Waals surface area contributed by atoms with E-state index in [1.807, 2.05) is 30.3 Å². The lowest BCUT2D eigenvalue weighted by molar-refractivity contribution is -0.123. The van der Waals surface area contributed by atoms with E-state index in [1.165, 1.54) is 25.3 Å². The first-order valence-corrected chi connectivity index (χ1v) is 11.9. The number of amides is 1. The summed E-state index contributed by atoms with van der Waals surface area (Å²) in [6, 6.07) is 18.2. The van der Waals surface area contributed by atoms with E-state index in [4.69, 9.17) is 4.74 Å². The SMILES string of the molecule is COc1ccc(C)cc1S(=O)(=O)N[C@H](Cc1ccccc1)C(=O)N[C@@H](C)c1ccc(F)cc1. The molecule has 1 amide bonds. The Balaban J connectivity index is 1.88. The van der Waals surface area contributed by atoms with E-state index in [9.17, 15) is 17.6 Å². The molecule has 8 heteroatoms. The monoisotopic (exact) mass is 470 g/mol. The number of rotatable bonds is 9. The molecule has 0 aliphatic rings. The number of aryl methyl sites for hydroxylation is 1. The van der Waals surface area contributed by atoms with Gasteiger partial charge in [0.1, 0.15) is 22.5 Å². The summed E-state index contributed by atoms with van der Waals surface area (Å²) >= 11 is 0. The molecule has 0 radical (unpaired) electrons. The molecule has 0 unspecified atom stereocenters. The molecule has 0 spiro atoms. The Bertz CT molecular complexity index is 1200. The lowest BCUT2D eigenvalue weighted by Gasteiger charge is -2.22. The molecule has 0 aromatic heterocycles. The molecule has 3 aromatic carbocycles. The van der Waals surface area contributed by atoms with Crippen LogP contribution in [0.2, 0.25) is 0 Å². The van der Waals surface area contributed by atoms with E-state index in [1.54, 1.807) is 38.1 Å². The number of ether oxygens (including phenoxy) is 1. The van der Waals surface area contributed by atoms with Gasteiger partial charge in [0.25, 0.3) is 0 Å². The Labute approximate surface area is 193 Å². The van der Waals surface area contributed by atoms with Crippen molar-refractivity contribution in [2.75, 3.05) is 7.11 Å². The minimum Gasteiger partial charge on any atom is -0.495 e. The predicted octanol–water partition coefficient (Wildman–Crippen LogP) is 3.91. The summed E-state index contributed by atoms with van der Waals surface area (Å²) in [6.07, 6.45) is 0.149. The summed E-state index contributed by atoms with van der Waals surface area (Å²) in [5, 5.41) is 2.83. The van der Waals surface area contributed by atoms with E-state index < -0.39 is 28.0 Å². The fraction of sp³-hybridized carbons (Fsp3) is 0.240. The molecule has 2 atom stereocenters. The molecule has 3 aromatic rings. The van der Waals surface area contributed by atoms with Crippen LogP contribution in [-0.4, -0.2) is 27.5 Å². The number of benzene rings is 3. The molecule has 0 bridgehead atoms. The van der Waals surface area contributed by atoms with E-state index in [0.717, 1.165) is 11.1 Å². The van der Waals surface area contributed by atoms with Crippen LogP contribution in [0.15, 0.2) is 77.7 Å². The second kappa shape index (κ2) is 10.6. The van der Waals surface area contributed by atoms with Gasteiger partial charge >= 0.3 is 0 Å². The molecule has 0 aliphatic carbocycles. The zero-order valence-electron chi connectivity index (χ0n) is 18.7. The molecular weight excluding hydrogens is 443 g/mol. The molecule has 0 saturated heterocycles. The van der Waals surface area contributed by atoms with Crippen LogP contribution in [-0.2, 0) is 21.2 Å². The number of hydrogen-bond donors (Lipinski definition) is 2. The molecule has 0 aliphatic heterocycles. The number of sulfonamides is 1. The average molecular weight is 471 g/mol. The van der Waals surface area contributed by atoms with Crippen molar-refractivity contribution in [3.8, 4) is 5.75 Å². The fourth-order valence-corrected chi connectivity index (χ4v) is 4.88. The molecule has 174 valence electrons. The largest absolute Gasteiger partial charge is 0.495 e. The van der Waals surface area contributed by atoms with E-state index >= 15 is 0 Å². The molecule has 0 saturated carbocycles. The van der Waals surface area contributed by atoms with Crippen LogP contribution < -0.4 is 14.8 Å². The van der Waals surface area contributed by atoms with Gasteiger partial charge in [-0.1, -0.05) is 48.5 Å². The summed E-state index contributed by atoms with van der Waals surface area (Å²) in [5.74, 6) is -0.684. The van der Waals surface area contributed by atoms with Gasteiger partial charge in [0.05, 0.1) is 13.2 Å². The van der Waals surface area contributed by atoms with Gasteiger partial charge in [0.15, 0.2) is 0 Å². The zero-order valence-corrected chi connectivity index (χ0v) is 19.5. The second-order valence-corrected chi connectivity index (χ2v) is 9.48. The van der Waals surface area contributed by atoms with Crippen molar-refractivity contribution in [1.82, 2.24) is 10.0 Å². The number of nitrogens with one attached hydrogen (secondary N) is 2. The van der Waals surface area contributed by atoms with Crippen molar-refractivity contribution in [2.45, 2.75) is 37.2 Å².